The highest BCUT2D eigenvalue weighted by atomic mass is 32.2. The molecule has 1 aliphatic carbocycles. The maximum atomic E-state index is 13.5. The summed E-state index contributed by atoms with van der Waals surface area (Å²) in [6, 6.07) is 37.0. The second kappa shape index (κ2) is 8.37. The van der Waals surface area contributed by atoms with Crippen molar-refractivity contribution >= 4 is 10.8 Å². The van der Waals surface area contributed by atoms with Gasteiger partial charge in [0.2, 0.25) is 0 Å². The van der Waals surface area contributed by atoms with Gasteiger partial charge in [0.1, 0.15) is 0 Å². The van der Waals surface area contributed by atoms with Crippen LogP contribution in [0.2, 0.25) is 0 Å². The Morgan fingerprint density at radius 2 is 1.18 bits per heavy atom. The van der Waals surface area contributed by atoms with Gasteiger partial charge in [-0.05, 0) is 79.2 Å². The van der Waals surface area contributed by atoms with E-state index in [-0.39, 0.29) is 10.8 Å². The van der Waals surface area contributed by atoms with E-state index in [4.69, 9.17) is 0 Å². The van der Waals surface area contributed by atoms with Crippen molar-refractivity contribution in [3.05, 3.63) is 120 Å². The van der Waals surface area contributed by atoms with E-state index < -0.39 is 10.8 Å². The Hall–Kier alpha value is -3.75. The molecule has 192 valence electrons. The topological polar surface area (TPSA) is 17.1 Å². The fraction of sp³-hybridized carbons (Fsp3) is 0.189. The largest absolute Gasteiger partial charge is 0.249 e. The molecule has 0 spiro atoms. The van der Waals surface area contributed by atoms with E-state index in [0.29, 0.717) is 0 Å². The first-order valence-corrected chi connectivity index (χ1v) is 14.8. The number of rotatable bonds is 2. The summed E-state index contributed by atoms with van der Waals surface area (Å²) in [7, 11) is -1.18. The summed E-state index contributed by atoms with van der Waals surface area (Å²) in [6.07, 6.45) is 0. The summed E-state index contributed by atoms with van der Waals surface area (Å²) in [5, 5.41) is 0. The first kappa shape index (κ1) is 24.3. The van der Waals surface area contributed by atoms with Gasteiger partial charge < -0.3 is 0 Å². The third-order valence-electron chi connectivity index (χ3n) is 8.63. The third-order valence-corrected chi connectivity index (χ3v) is 10.2. The van der Waals surface area contributed by atoms with Gasteiger partial charge >= 0.3 is 0 Å². The van der Waals surface area contributed by atoms with Gasteiger partial charge in [-0.1, -0.05) is 120 Å². The van der Waals surface area contributed by atoms with Crippen LogP contribution in [0.3, 0.4) is 0 Å². The van der Waals surface area contributed by atoms with Crippen molar-refractivity contribution in [1.29, 1.82) is 0 Å². The van der Waals surface area contributed by atoms with E-state index in [9.17, 15) is 4.21 Å². The summed E-state index contributed by atoms with van der Waals surface area (Å²) in [4.78, 5) is 1.84. The Morgan fingerprint density at radius 3 is 1.97 bits per heavy atom. The van der Waals surface area contributed by atoms with Gasteiger partial charge in [-0.2, -0.15) is 0 Å². The first-order valence-electron chi connectivity index (χ1n) is 13.7. The minimum Gasteiger partial charge on any atom is -0.249 e. The normalized spacial score (nSPS) is 16.4. The zero-order valence-corrected chi connectivity index (χ0v) is 23.9. The highest BCUT2D eigenvalue weighted by molar-refractivity contribution is 7.86. The van der Waals surface area contributed by atoms with Crippen LogP contribution in [0.4, 0.5) is 0 Å². The van der Waals surface area contributed by atoms with E-state index in [1.54, 1.807) is 0 Å². The summed E-state index contributed by atoms with van der Waals surface area (Å²) in [5.74, 6) is 0. The van der Waals surface area contributed by atoms with Crippen molar-refractivity contribution in [3.8, 4) is 44.5 Å². The Kier molecular flexibility index (Phi) is 5.22. The molecule has 0 aromatic heterocycles. The summed E-state index contributed by atoms with van der Waals surface area (Å²) in [6.45, 7) is 11.6. The average Bonchev–Trinajstić information content (AvgIpc) is 3.36. The molecule has 0 saturated carbocycles. The molecule has 0 amide bonds. The second-order valence-electron chi connectivity index (χ2n) is 12.4. The first-order chi connectivity index (χ1) is 18.6. The van der Waals surface area contributed by atoms with Crippen LogP contribution in [-0.4, -0.2) is 4.21 Å². The van der Waals surface area contributed by atoms with Gasteiger partial charge in [-0.3, -0.25) is 0 Å². The molecule has 0 saturated heterocycles. The Morgan fingerprint density at radius 1 is 0.564 bits per heavy atom. The predicted molar refractivity (Wildman–Crippen MR) is 164 cm³/mol. The maximum absolute atomic E-state index is 13.5. The monoisotopic (exact) mass is 524 g/mol. The minimum absolute atomic E-state index is 0.0670. The van der Waals surface area contributed by atoms with Crippen molar-refractivity contribution in [2.75, 3.05) is 0 Å². The van der Waals surface area contributed by atoms with Gasteiger partial charge in [-0.15, -0.1) is 0 Å². The lowest BCUT2D eigenvalue weighted by Gasteiger charge is -2.25. The quantitative estimate of drug-likeness (QED) is 0.220. The molecule has 7 rings (SSSR count). The molecule has 0 bridgehead atoms. The summed E-state index contributed by atoms with van der Waals surface area (Å²) >= 11 is 0. The van der Waals surface area contributed by atoms with Gasteiger partial charge in [0, 0.05) is 11.0 Å². The van der Waals surface area contributed by atoms with E-state index in [1.807, 2.05) is 18.2 Å². The summed E-state index contributed by atoms with van der Waals surface area (Å²) in [5.41, 5.74) is 13.6. The third kappa shape index (κ3) is 3.62. The number of hydrogen-bond acceptors (Lipinski definition) is 1. The smallest absolute Gasteiger partial charge is 0.0868 e. The standard InChI is InChI=1S/C37H32OS/c1-36(2,3)26-17-19-29-28-18-16-24(21-32(28)37(4,5)33(29)22-26)23-10-8-11-25(20-23)27-13-9-14-31-30-12-6-7-15-34(30)39(38)35(27)31/h6-22H,1-5H3. The molecular weight excluding hydrogens is 492 g/mol. The zero-order valence-electron chi connectivity index (χ0n) is 23.1. The van der Waals surface area contributed by atoms with Crippen molar-refractivity contribution in [2.45, 2.75) is 55.2 Å². The van der Waals surface area contributed by atoms with Crippen LogP contribution < -0.4 is 0 Å². The predicted octanol–water partition coefficient (Wildman–Crippen LogP) is 9.77. The number of benzene rings is 5. The molecule has 1 atom stereocenters. The highest BCUT2D eigenvalue weighted by Crippen LogP contribution is 2.51. The van der Waals surface area contributed by atoms with Gasteiger partial charge in [-0.25, -0.2) is 4.21 Å². The molecule has 0 fully saturated rings. The molecule has 39 heavy (non-hydrogen) atoms. The molecule has 1 unspecified atom stereocenters. The SMILES string of the molecule is CC(C)(C)c1ccc2c(c1)C(C)(C)c1cc(-c3cccc(-c4cccc5c4S(=O)c4ccccc4-5)c3)ccc1-2. The van der Waals surface area contributed by atoms with Gasteiger partial charge in [0.15, 0.2) is 0 Å². The Labute approximate surface area is 234 Å². The van der Waals surface area contributed by atoms with Crippen LogP contribution in [0.5, 0.6) is 0 Å². The van der Waals surface area contributed by atoms with E-state index in [0.717, 1.165) is 32.0 Å². The van der Waals surface area contributed by atoms with Crippen molar-refractivity contribution in [2.24, 2.45) is 0 Å². The molecule has 2 heteroatoms. The molecule has 1 nitrogen and oxygen atoms in total. The van der Waals surface area contributed by atoms with Gasteiger partial charge in [0.25, 0.3) is 0 Å². The van der Waals surface area contributed by atoms with Crippen molar-refractivity contribution in [3.63, 3.8) is 0 Å². The molecule has 0 N–H and O–H groups in total. The van der Waals surface area contributed by atoms with E-state index >= 15 is 0 Å². The molecule has 0 radical (unpaired) electrons. The molecule has 2 aliphatic rings. The van der Waals surface area contributed by atoms with Gasteiger partial charge in [0.05, 0.1) is 20.6 Å². The highest BCUT2D eigenvalue weighted by Gasteiger charge is 2.36. The van der Waals surface area contributed by atoms with Crippen LogP contribution in [0.25, 0.3) is 44.5 Å². The number of fused-ring (bicyclic) bond motifs is 6. The summed E-state index contributed by atoms with van der Waals surface area (Å²) < 4.78 is 13.5. The fourth-order valence-corrected chi connectivity index (χ4v) is 7.95. The van der Waals surface area contributed by atoms with Crippen LogP contribution >= 0.6 is 0 Å². The minimum atomic E-state index is -1.18. The van der Waals surface area contributed by atoms with Crippen LogP contribution in [0.1, 0.15) is 51.3 Å². The van der Waals surface area contributed by atoms with E-state index in [1.165, 1.54) is 38.9 Å². The van der Waals surface area contributed by atoms with Crippen molar-refractivity contribution in [1.82, 2.24) is 0 Å². The lowest BCUT2D eigenvalue weighted by Crippen LogP contribution is -2.17. The Balaban J connectivity index is 1.31. The molecule has 1 heterocycles. The maximum Gasteiger partial charge on any atom is 0.0868 e. The number of hydrogen-bond donors (Lipinski definition) is 0. The van der Waals surface area contributed by atoms with Crippen LogP contribution in [0.15, 0.2) is 113 Å². The molecule has 5 aromatic carbocycles. The van der Waals surface area contributed by atoms with Crippen LogP contribution in [-0.2, 0) is 21.6 Å². The lowest BCUT2D eigenvalue weighted by atomic mass is 9.78. The molecule has 5 aromatic rings. The molecular formula is C37H32OS. The van der Waals surface area contributed by atoms with Crippen LogP contribution in [0, 0.1) is 0 Å². The van der Waals surface area contributed by atoms with E-state index in [2.05, 4.69) is 120 Å². The zero-order chi connectivity index (χ0) is 27.1. The second-order valence-corrected chi connectivity index (χ2v) is 13.8. The fourth-order valence-electron chi connectivity index (χ4n) is 6.39. The lowest BCUT2D eigenvalue weighted by molar-refractivity contribution is 0.584. The molecule has 1 aliphatic heterocycles. The van der Waals surface area contributed by atoms with Crippen molar-refractivity contribution < 1.29 is 4.21 Å². The Bertz CT molecular complexity index is 1830. The average molecular weight is 525 g/mol.